The smallest absolute Gasteiger partial charge is 0.136 e. The molecule has 0 aromatic rings. The van der Waals surface area contributed by atoms with Gasteiger partial charge in [-0.05, 0) is 50.7 Å². The van der Waals surface area contributed by atoms with E-state index in [4.69, 9.17) is 0 Å². The summed E-state index contributed by atoms with van der Waals surface area (Å²) in [6.45, 7) is 3.28. The normalized spacial score (nSPS) is 33.1. The Morgan fingerprint density at radius 3 is 2.54 bits per heavy atom. The van der Waals surface area contributed by atoms with E-state index in [-0.39, 0.29) is 6.04 Å². The minimum atomic E-state index is 0.117. The van der Waals surface area contributed by atoms with Gasteiger partial charge >= 0.3 is 0 Å². The summed E-state index contributed by atoms with van der Waals surface area (Å²) in [4.78, 5) is 10.7. The molecule has 0 aromatic heterocycles. The lowest BCUT2D eigenvalue weighted by atomic mass is 9.70. The molecule has 0 aromatic carbocycles. The second kappa shape index (κ2) is 3.76. The highest BCUT2D eigenvalue weighted by molar-refractivity contribution is 5.57. The molecule has 74 valence electrons. The van der Waals surface area contributed by atoms with Gasteiger partial charge in [0.2, 0.25) is 0 Å². The molecule has 1 unspecified atom stereocenters. The SMILES string of the molecule is O=CC1CC2(CCNCC2)CCN1. The molecule has 0 aliphatic carbocycles. The predicted molar refractivity (Wildman–Crippen MR) is 51.6 cm³/mol. The van der Waals surface area contributed by atoms with Gasteiger partial charge in [0.15, 0.2) is 0 Å². The Hall–Kier alpha value is -0.410. The summed E-state index contributed by atoms with van der Waals surface area (Å²) < 4.78 is 0. The maximum atomic E-state index is 10.7. The molecule has 2 heterocycles. The highest BCUT2D eigenvalue weighted by Gasteiger charge is 2.36. The molecule has 3 nitrogen and oxygen atoms in total. The van der Waals surface area contributed by atoms with Crippen molar-refractivity contribution >= 4 is 6.29 Å². The summed E-state index contributed by atoms with van der Waals surface area (Å²) >= 11 is 0. The topological polar surface area (TPSA) is 41.1 Å². The zero-order valence-corrected chi connectivity index (χ0v) is 8.01. The standard InChI is InChI=1S/C10H18N2O/c13-8-9-7-10(3-6-12-9)1-4-11-5-2-10/h8-9,11-12H,1-7H2. The van der Waals surface area contributed by atoms with Gasteiger partial charge in [0, 0.05) is 0 Å². The molecule has 2 saturated heterocycles. The highest BCUT2D eigenvalue weighted by atomic mass is 16.1. The van der Waals surface area contributed by atoms with Crippen molar-refractivity contribution in [2.45, 2.75) is 31.7 Å². The molecule has 2 N–H and O–H groups in total. The maximum absolute atomic E-state index is 10.7. The number of rotatable bonds is 1. The van der Waals surface area contributed by atoms with E-state index in [0.717, 1.165) is 32.3 Å². The van der Waals surface area contributed by atoms with Gasteiger partial charge < -0.3 is 15.4 Å². The molecule has 0 radical (unpaired) electrons. The number of hydrogen-bond donors (Lipinski definition) is 2. The summed E-state index contributed by atoms with van der Waals surface area (Å²) in [5.74, 6) is 0. The molecule has 3 heteroatoms. The van der Waals surface area contributed by atoms with E-state index in [1.54, 1.807) is 0 Å². The van der Waals surface area contributed by atoms with E-state index in [1.165, 1.54) is 19.3 Å². The third kappa shape index (κ3) is 1.92. The van der Waals surface area contributed by atoms with E-state index in [0.29, 0.717) is 5.41 Å². The van der Waals surface area contributed by atoms with Crippen LogP contribution in [0.5, 0.6) is 0 Å². The van der Waals surface area contributed by atoms with E-state index in [9.17, 15) is 4.79 Å². The van der Waals surface area contributed by atoms with Gasteiger partial charge in [0.1, 0.15) is 6.29 Å². The van der Waals surface area contributed by atoms with Gasteiger partial charge in [-0.2, -0.15) is 0 Å². The molecule has 1 spiro atoms. The Kier molecular flexibility index (Phi) is 2.65. The van der Waals surface area contributed by atoms with Crippen molar-refractivity contribution in [2.24, 2.45) is 5.41 Å². The lowest BCUT2D eigenvalue weighted by molar-refractivity contribution is -0.111. The van der Waals surface area contributed by atoms with Crippen LogP contribution < -0.4 is 10.6 Å². The van der Waals surface area contributed by atoms with Crippen molar-refractivity contribution in [3.05, 3.63) is 0 Å². The van der Waals surface area contributed by atoms with Crippen LogP contribution in [0.25, 0.3) is 0 Å². The first kappa shape index (κ1) is 9.16. The van der Waals surface area contributed by atoms with E-state index in [1.807, 2.05) is 0 Å². The van der Waals surface area contributed by atoms with Crippen molar-refractivity contribution < 1.29 is 4.79 Å². The summed E-state index contributed by atoms with van der Waals surface area (Å²) in [5.41, 5.74) is 0.474. The molecule has 0 bridgehead atoms. The number of carbonyl (C=O) groups excluding carboxylic acids is 1. The number of carbonyl (C=O) groups is 1. The number of nitrogens with one attached hydrogen (secondary N) is 2. The first-order valence-electron chi connectivity index (χ1n) is 5.24. The Morgan fingerprint density at radius 2 is 1.85 bits per heavy atom. The van der Waals surface area contributed by atoms with Crippen LogP contribution in [0.1, 0.15) is 25.7 Å². The first-order valence-corrected chi connectivity index (χ1v) is 5.24. The van der Waals surface area contributed by atoms with E-state index >= 15 is 0 Å². The predicted octanol–water partition coefficient (Wildman–Crippen LogP) is 0.307. The van der Waals surface area contributed by atoms with Crippen LogP contribution in [-0.4, -0.2) is 32.0 Å². The van der Waals surface area contributed by atoms with E-state index in [2.05, 4.69) is 10.6 Å². The monoisotopic (exact) mass is 182 g/mol. The summed E-state index contributed by atoms with van der Waals surface area (Å²) in [6.07, 6.45) is 5.87. The molecule has 13 heavy (non-hydrogen) atoms. The van der Waals surface area contributed by atoms with E-state index < -0.39 is 0 Å². The molecule has 2 rings (SSSR count). The van der Waals surface area contributed by atoms with Crippen LogP contribution in [0.4, 0.5) is 0 Å². The second-order valence-corrected chi connectivity index (χ2v) is 4.40. The molecular weight excluding hydrogens is 164 g/mol. The minimum absolute atomic E-state index is 0.117. The summed E-state index contributed by atoms with van der Waals surface area (Å²) in [7, 11) is 0. The largest absolute Gasteiger partial charge is 0.317 e. The minimum Gasteiger partial charge on any atom is -0.317 e. The fourth-order valence-corrected chi connectivity index (χ4v) is 2.67. The van der Waals surface area contributed by atoms with Crippen LogP contribution in [0.3, 0.4) is 0 Å². The second-order valence-electron chi connectivity index (χ2n) is 4.40. The van der Waals surface area contributed by atoms with Gasteiger partial charge in [-0.1, -0.05) is 0 Å². The maximum Gasteiger partial charge on any atom is 0.136 e. The van der Waals surface area contributed by atoms with Crippen molar-refractivity contribution in [3.63, 3.8) is 0 Å². The van der Waals surface area contributed by atoms with Crippen LogP contribution in [0.2, 0.25) is 0 Å². The van der Waals surface area contributed by atoms with Crippen LogP contribution >= 0.6 is 0 Å². The van der Waals surface area contributed by atoms with Gasteiger partial charge in [-0.15, -0.1) is 0 Å². The zero-order valence-electron chi connectivity index (χ0n) is 8.01. The zero-order chi connectivity index (χ0) is 9.15. The quantitative estimate of drug-likeness (QED) is 0.573. The summed E-state index contributed by atoms with van der Waals surface area (Å²) in [6, 6.07) is 0.117. The number of piperidine rings is 2. The van der Waals surface area contributed by atoms with Gasteiger partial charge in [0.25, 0.3) is 0 Å². The Morgan fingerprint density at radius 1 is 1.15 bits per heavy atom. The Balaban J connectivity index is 1.99. The molecule has 2 aliphatic heterocycles. The molecular formula is C10H18N2O. The third-order valence-corrected chi connectivity index (χ3v) is 3.54. The number of hydrogen-bond acceptors (Lipinski definition) is 3. The van der Waals surface area contributed by atoms with Gasteiger partial charge in [-0.3, -0.25) is 0 Å². The lowest BCUT2D eigenvalue weighted by Crippen LogP contribution is -2.48. The number of aldehydes is 1. The van der Waals surface area contributed by atoms with Gasteiger partial charge in [-0.25, -0.2) is 0 Å². The van der Waals surface area contributed by atoms with Crippen LogP contribution in [-0.2, 0) is 4.79 Å². The highest BCUT2D eigenvalue weighted by Crippen LogP contribution is 2.38. The third-order valence-electron chi connectivity index (χ3n) is 3.54. The average Bonchev–Trinajstić information content (AvgIpc) is 2.19. The average molecular weight is 182 g/mol. The Bertz CT molecular complexity index is 182. The van der Waals surface area contributed by atoms with Crippen molar-refractivity contribution in [3.8, 4) is 0 Å². The van der Waals surface area contributed by atoms with Gasteiger partial charge in [0.05, 0.1) is 6.04 Å². The lowest BCUT2D eigenvalue weighted by Gasteiger charge is -2.43. The Labute approximate surface area is 79.3 Å². The van der Waals surface area contributed by atoms with Crippen LogP contribution in [0, 0.1) is 5.41 Å². The molecule has 0 saturated carbocycles. The van der Waals surface area contributed by atoms with Crippen molar-refractivity contribution in [2.75, 3.05) is 19.6 Å². The molecule has 2 fully saturated rings. The fraction of sp³-hybridized carbons (Fsp3) is 0.900. The first-order chi connectivity index (χ1) is 6.35. The molecule has 2 aliphatic rings. The molecule has 0 amide bonds. The summed E-state index contributed by atoms with van der Waals surface area (Å²) in [5, 5.41) is 6.63. The van der Waals surface area contributed by atoms with Crippen molar-refractivity contribution in [1.82, 2.24) is 10.6 Å². The fourth-order valence-electron chi connectivity index (χ4n) is 2.67. The van der Waals surface area contributed by atoms with Crippen LogP contribution in [0.15, 0.2) is 0 Å². The molecule has 1 atom stereocenters. The van der Waals surface area contributed by atoms with Crippen molar-refractivity contribution in [1.29, 1.82) is 0 Å².